The van der Waals surface area contributed by atoms with Gasteiger partial charge in [0.2, 0.25) is 5.91 Å². The number of fused-ring (bicyclic) bond motifs is 4. The molecule has 1 spiro atoms. The number of carbonyl (C=O) groups is 2. The van der Waals surface area contributed by atoms with E-state index in [1.54, 1.807) is 11.6 Å². The number of aromatic nitrogens is 3. The Kier molecular flexibility index (Phi) is 4.92. The number of para-hydroxylation sites is 2. The molecule has 0 atom stereocenters. The summed E-state index contributed by atoms with van der Waals surface area (Å²) in [6.45, 7) is 7.23. The second-order valence-corrected chi connectivity index (χ2v) is 8.94. The molecule has 1 N–H and O–H groups in total. The molecule has 0 bridgehead atoms. The molecule has 2 aliphatic rings. The van der Waals surface area contributed by atoms with Gasteiger partial charge in [-0.15, -0.1) is 0 Å². The van der Waals surface area contributed by atoms with Gasteiger partial charge >= 0.3 is 0 Å². The molecule has 0 saturated carbocycles. The largest absolute Gasteiger partial charge is 0.372 e. The number of benzene rings is 1. The van der Waals surface area contributed by atoms with Crippen molar-refractivity contribution in [1.29, 1.82) is 0 Å². The number of piperidine rings is 1. The number of hydrogen-bond donors (Lipinski definition) is 1. The lowest BCUT2D eigenvalue weighted by Crippen LogP contribution is -2.51. The van der Waals surface area contributed by atoms with Gasteiger partial charge in [0.1, 0.15) is 0 Å². The summed E-state index contributed by atoms with van der Waals surface area (Å²) in [5.41, 5.74) is 5.67. The lowest BCUT2D eigenvalue weighted by Gasteiger charge is -2.46. The second kappa shape index (κ2) is 7.65. The predicted molar refractivity (Wildman–Crippen MR) is 123 cm³/mol. The zero-order chi connectivity index (χ0) is 22.5. The standard InChI is InChI=1S/C25H29N5O2/c1-17-24(19(3)31)18(2)30(27-17)14-10-23(32)28-15-11-25(12-16-28)22-9-6-13-29(22)21-8-5-4-7-20(21)26-25/h4-9,13,26H,10-12,14-16H2,1-3H3. The van der Waals surface area contributed by atoms with E-state index in [1.807, 2.05) is 18.7 Å². The van der Waals surface area contributed by atoms with Crippen molar-refractivity contribution in [2.24, 2.45) is 0 Å². The summed E-state index contributed by atoms with van der Waals surface area (Å²) in [5, 5.41) is 8.26. The molecule has 3 aromatic rings. The van der Waals surface area contributed by atoms with Crippen molar-refractivity contribution in [2.45, 2.75) is 52.1 Å². The first kappa shape index (κ1) is 20.5. The van der Waals surface area contributed by atoms with Gasteiger partial charge in [-0.25, -0.2) is 0 Å². The van der Waals surface area contributed by atoms with Crippen molar-refractivity contribution in [2.75, 3.05) is 18.4 Å². The molecule has 0 unspecified atom stereocenters. The number of aryl methyl sites for hydroxylation is 2. The Morgan fingerprint density at radius 1 is 1.09 bits per heavy atom. The maximum atomic E-state index is 13.0. The van der Waals surface area contributed by atoms with Crippen LogP contribution in [0.1, 0.15) is 53.6 Å². The van der Waals surface area contributed by atoms with Crippen LogP contribution in [-0.2, 0) is 16.9 Å². The van der Waals surface area contributed by atoms with E-state index in [0.717, 1.165) is 43.0 Å². The molecular weight excluding hydrogens is 402 g/mol. The number of likely N-dealkylation sites (tertiary alicyclic amines) is 1. The van der Waals surface area contributed by atoms with E-state index >= 15 is 0 Å². The third kappa shape index (κ3) is 3.23. The number of anilines is 1. The van der Waals surface area contributed by atoms with Gasteiger partial charge in [-0.05, 0) is 57.9 Å². The minimum Gasteiger partial charge on any atom is -0.372 e. The molecule has 0 radical (unpaired) electrons. The van der Waals surface area contributed by atoms with Crippen LogP contribution >= 0.6 is 0 Å². The average Bonchev–Trinajstić information content (AvgIpc) is 3.38. The van der Waals surface area contributed by atoms with Crippen LogP contribution in [0, 0.1) is 13.8 Å². The number of nitrogens with one attached hydrogen (secondary N) is 1. The summed E-state index contributed by atoms with van der Waals surface area (Å²) in [7, 11) is 0. The molecule has 166 valence electrons. The van der Waals surface area contributed by atoms with E-state index in [4.69, 9.17) is 0 Å². The van der Waals surface area contributed by atoms with E-state index in [9.17, 15) is 9.59 Å². The average molecular weight is 432 g/mol. The monoisotopic (exact) mass is 431 g/mol. The first-order chi connectivity index (χ1) is 15.4. The topological polar surface area (TPSA) is 72.2 Å². The van der Waals surface area contributed by atoms with Gasteiger partial charge in [-0.1, -0.05) is 12.1 Å². The van der Waals surface area contributed by atoms with Gasteiger partial charge < -0.3 is 14.8 Å². The fourth-order valence-corrected chi connectivity index (χ4v) is 5.40. The van der Waals surface area contributed by atoms with E-state index in [-0.39, 0.29) is 17.2 Å². The number of ketones is 1. The zero-order valence-corrected chi connectivity index (χ0v) is 18.9. The molecule has 5 rings (SSSR count). The van der Waals surface area contributed by atoms with Gasteiger partial charge in [0.15, 0.2) is 5.78 Å². The summed E-state index contributed by atoms with van der Waals surface area (Å²) >= 11 is 0. The van der Waals surface area contributed by atoms with E-state index < -0.39 is 0 Å². The predicted octanol–water partition coefficient (Wildman–Crippen LogP) is 3.83. The minimum absolute atomic E-state index is 0.0187. The summed E-state index contributed by atoms with van der Waals surface area (Å²) in [6, 6.07) is 12.7. The lowest BCUT2D eigenvalue weighted by molar-refractivity contribution is -0.133. The van der Waals surface area contributed by atoms with E-state index in [2.05, 4.69) is 57.6 Å². The van der Waals surface area contributed by atoms with Crippen LogP contribution in [0.25, 0.3) is 5.69 Å². The maximum absolute atomic E-state index is 13.0. The molecule has 1 amide bonds. The van der Waals surface area contributed by atoms with Crippen LogP contribution < -0.4 is 5.32 Å². The van der Waals surface area contributed by atoms with E-state index in [1.165, 1.54) is 11.4 Å². The molecule has 2 aliphatic heterocycles. The number of amides is 1. The molecule has 7 nitrogen and oxygen atoms in total. The number of Topliss-reactive ketones (excluding diaryl/α,β-unsaturated/α-hetero) is 1. The normalized spacial score (nSPS) is 16.4. The van der Waals surface area contributed by atoms with Crippen LogP contribution in [0.2, 0.25) is 0 Å². The molecule has 0 aliphatic carbocycles. The quantitative estimate of drug-likeness (QED) is 0.638. The Bertz CT molecular complexity index is 1200. The molecule has 1 aromatic carbocycles. The van der Waals surface area contributed by atoms with E-state index in [0.29, 0.717) is 18.5 Å². The summed E-state index contributed by atoms with van der Waals surface area (Å²) in [5.74, 6) is 0.161. The molecule has 7 heteroatoms. The van der Waals surface area contributed by atoms with Crippen molar-refractivity contribution >= 4 is 17.4 Å². The van der Waals surface area contributed by atoms with Gasteiger partial charge in [0.05, 0.1) is 28.2 Å². The van der Waals surface area contributed by atoms with Crippen molar-refractivity contribution in [3.63, 3.8) is 0 Å². The number of hydrogen-bond acceptors (Lipinski definition) is 4. The molecule has 32 heavy (non-hydrogen) atoms. The van der Waals surface area contributed by atoms with Crippen LogP contribution in [0.15, 0.2) is 42.6 Å². The highest BCUT2D eigenvalue weighted by Gasteiger charge is 2.42. The number of carbonyl (C=O) groups excluding carboxylic acids is 2. The highest BCUT2D eigenvalue weighted by molar-refractivity contribution is 5.96. The summed E-state index contributed by atoms with van der Waals surface area (Å²) < 4.78 is 4.07. The SMILES string of the molecule is CC(=O)c1c(C)nn(CCC(=O)N2CCC3(CC2)Nc2ccccc2-n2cccc23)c1C. The number of rotatable bonds is 4. The Labute approximate surface area is 188 Å². The summed E-state index contributed by atoms with van der Waals surface area (Å²) in [4.78, 5) is 26.8. The smallest absolute Gasteiger partial charge is 0.224 e. The first-order valence-corrected chi connectivity index (χ1v) is 11.3. The fourth-order valence-electron chi connectivity index (χ4n) is 5.40. The Morgan fingerprint density at radius 2 is 1.84 bits per heavy atom. The zero-order valence-electron chi connectivity index (χ0n) is 18.9. The Hall–Kier alpha value is -3.35. The van der Waals surface area contributed by atoms with Crippen LogP contribution in [0.5, 0.6) is 0 Å². The maximum Gasteiger partial charge on any atom is 0.224 e. The van der Waals surface area contributed by atoms with Gasteiger partial charge in [0, 0.05) is 43.6 Å². The molecule has 2 aromatic heterocycles. The Balaban J connectivity index is 1.26. The fraction of sp³-hybridized carbons (Fsp3) is 0.400. The van der Waals surface area contributed by atoms with Crippen molar-refractivity contribution in [3.8, 4) is 5.69 Å². The van der Waals surface area contributed by atoms with Crippen LogP contribution in [0.4, 0.5) is 5.69 Å². The van der Waals surface area contributed by atoms with Gasteiger partial charge in [0.25, 0.3) is 0 Å². The van der Waals surface area contributed by atoms with Gasteiger partial charge in [-0.2, -0.15) is 5.10 Å². The lowest BCUT2D eigenvalue weighted by atomic mass is 9.82. The number of nitrogens with zero attached hydrogens (tertiary/aromatic N) is 4. The highest BCUT2D eigenvalue weighted by Crippen LogP contribution is 2.43. The van der Waals surface area contributed by atoms with Gasteiger partial charge in [-0.3, -0.25) is 14.3 Å². The first-order valence-electron chi connectivity index (χ1n) is 11.3. The molecular formula is C25H29N5O2. The molecule has 1 saturated heterocycles. The Morgan fingerprint density at radius 3 is 2.56 bits per heavy atom. The third-order valence-corrected chi connectivity index (χ3v) is 7.02. The van der Waals surface area contributed by atoms with Crippen LogP contribution in [-0.4, -0.2) is 44.0 Å². The third-order valence-electron chi connectivity index (χ3n) is 7.02. The van der Waals surface area contributed by atoms with Crippen molar-refractivity contribution < 1.29 is 9.59 Å². The highest BCUT2D eigenvalue weighted by atomic mass is 16.2. The molecule has 4 heterocycles. The minimum atomic E-state index is -0.152. The van der Waals surface area contributed by atoms with Crippen LogP contribution in [0.3, 0.4) is 0 Å². The van der Waals surface area contributed by atoms with Crippen molar-refractivity contribution in [3.05, 3.63) is 65.2 Å². The summed E-state index contributed by atoms with van der Waals surface area (Å²) in [6.07, 6.45) is 4.24. The molecule has 1 fully saturated rings. The second-order valence-electron chi connectivity index (χ2n) is 8.94. The van der Waals surface area contributed by atoms with Crippen molar-refractivity contribution in [1.82, 2.24) is 19.2 Å².